The van der Waals surface area contributed by atoms with Gasteiger partial charge in [-0.05, 0) is 98.7 Å². The Hall–Kier alpha value is -6.86. The van der Waals surface area contributed by atoms with E-state index >= 15 is 0 Å². The van der Waals surface area contributed by atoms with Gasteiger partial charge in [-0.15, -0.1) is 0 Å². The van der Waals surface area contributed by atoms with Gasteiger partial charge in [0, 0.05) is 88.1 Å². The van der Waals surface area contributed by atoms with E-state index in [9.17, 15) is 38.4 Å². The number of carboxylic acid groups (broad SMARTS) is 1. The van der Waals surface area contributed by atoms with E-state index in [-0.39, 0.29) is 50.0 Å². The molecule has 24 heteroatoms. The zero-order valence-corrected chi connectivity index (χ0v) is 43.4. The van der Waals surface area contributed by atoms with Crippen molar-refractivity contribution in [3.63, 3.8) is 0 Å². The molecule has 1 aliphatic heterocycles. The fraction of sp³-hybridized carbons (Fsp3) is 0.529. The summed E-state index contributed by atoms with van der Waals surface area (Å²) in [5.74, 6) is -3.14. The highest BCUT2D eigenvalue weighted by molar-refractivity contribution is 7.80. The molecule has 3 aromatic rings. The molecule has 1 aromatic heterocycles. The van der Waals surface area contributed by atoms with Gasteiger partial charge in [0.25, 0.3) is 0 Å². The Bertz CT molecular complexity index is 2420. The fourth-order valence-electron chi connectivity index (χ4n) is 9.72. The Labute approximate surface area is 442 Å². The van der Waals surface area contributed by atoms with E-state index in [1.165, 1.54) is 0 Å². The molecule has 7 amide bonds. The van der Waals surface area contributed by atoms with E-state index in [1.54, 1.807) is 6.20 Å². The minimum Gasteiger partial charge on any atom is -0.480 e. The number of aldehydes is 1. The number of urea groups is 1. The van der Waals surface area contributed by atoms with Crippen LogP contribution in [0.5, 0.6) is 0 Å². The van der Waals surface area contributed by atoms with Crippen molar-refractivity contribution in [1.29, 1.82) is 0 Å². The van der Waals surface area contributed by atoms with E-state index in [4.69, 9.17) is 40.3 Å². The van der Waals surface area contributed by atoms with Gasteiger partial charge in [0.15, 0.2) is 5.11 Å². The number of anilines is 1. The van der Waals surface area contributed by atoms with Gasteiger partial charge < -0.3 is 59.0 Å². The molecule has 0 bridgehead atoms. The van der Waals surface area contributed by atoms with E-state index in [2.05, 4.69) is 26.3 Å². The number of aromatic nitrogens is 1. The Morgan fingerprint density at radius 1 is 0.760 bits per heavy atom. The number of nitrogens with one attached hydrogen (secondary N) is 4. The maximum atomic E-state index is 14.3. The Morgan fingerprint density at radius 2 is 1.37 bits per heavy atom. The van der Waals surface area contributed by atoms with Crippen molar-refractivity contribution < 1.29 is 43.5 Å². The van der Waals surface area contributed by atoms with Crippen molar-refractivity contribution in [2.45, 2.75) is 70.0 Å². The number of aliphatic carboxylic acids is 1. The number of primary amides is 4. The topological polar surface area (TPSA) is 338 Å². The van der Waals surface area contributed by atoms with Gasteiger partial charge >= 0.3 is 12.0 Å². The number of carbonyl (C=O) groups is 8. The first-order valence-electron chi connectivity index (χ1n) is 25.5. The van der Waals surface area contributed by atoms with Gasteiger partial charge in [-0.2, -0.15) is 0 Å². The predicted molar refractivity (Wildman–Crippen MR) is 286 cm³/mol. The molecule has 13 N–H and O–H groups in total. The standard InChI is InChI=1S/C51H74N14O9S/c52-44(67)30-61-19-20-62(31-45(53)68)23-24-64(33-47(55)70)41(28-63(22-21-61)32-46(54)69)25-35-10-14-39(15-11-35)60-51(75)58-26-36-8-12-38(13-9-36)49(73)65(29-43-42-7-2-1-5-37(42)16-17-56-43)18-4-3-6-40(34-66)59-50(74)57-27-48(71)72/h1-2,5,7,10-11,14-17,34,36,38,40-41H,3-4,6,8-9,12-13,18-33H2,(H2,52,67)(H2,53,68)(H2,54,69)(H2,55,70)(H,71,72)(H2,57,59,74)(H2,58,60,75). The molecular weight excluding hydrogens is 985 g/mol. The fourth-order valence-corrected chi connectivity index (χ4v) is 9.92. The molecule has 1 saturated carbocycles. The number of unbranched alkanes of at least 4 members (excludes halogenated alkanes) is 1. The Balaban J connectivity index is 1.16. The number of benzene rings is 2. The highest BCUT2D eigenvalue weighted by Gasteiger charge is 2.31. The zero-order valence-electron chi connectivity index (χ0n) is 42.5. The number of nitrogens with zero attached hydrogens (tertiary/aromatic N) is 6. The smallest absolute Gasteiger partial charge is 0.323 e. The third kappa shape index (κ3) is 21.1. The predicted octanol–water partition coefficient (Wildman–Crippen LogP) is -0.448. The molecule has 75 heavy (non-hydrogen) atoms. The van der Waals surface area contributed by atoms with Crippen LogP contribution in [0.4, 0.5) is 10.5 Å². The van der Waals surface area contributed by atoms with Crippen LogP contribution in [0.3, 0.4) is 0 Å². The average molecular weight is 1060 g/mol. The molecule has 0 radical (unpaired) electrons. The maximum absolute atomic E-state index is 14.3. The number of hydrogen-bond acceptors (Lipinski definition) is 14. The monoisotopic (exact) mass is 1060 g/mol. The molecule has 2 atom stereocenters. The third-order valence-electron chi connectivity index (χ3n) is 13.6. The van der Waals surface area contributed by atoms with Crippen LogP contribution in [0, 0.1) is 11.8 Å². The number of rotatable bonds is 25. The van der Waals surface area contributed by atoms with Crippen LogP contribution >= 0.6 is 12.2 Å². The summed E-state index contributed by atoms with van der Waals surface area (Å²) in [7, 11) is 0. The molecule has 23 nitrogen and oxygen atoms in total. The van der Waals surface area contributed by atoms with Crippen molar-refractivity contribution in [2.75, 3.05) is 96.9 Å². The summed E-state index contributed by atoms with van der Waals surface area (Å²) >= 11 is 5.71. The van der Waals surface area contributed by atoms with Crippen molar-refractivity contribution >= 4 is 81.6 Å². The molecule has 2 fully saturated rings. The lowest BCUT2D eigenvalue weighted by Gasteiger charge is -2.38. The van der Waals surface area contributed by atoms with Crippen LogP contribution in [0.15, 0.2) is 60.8 Å². The highest BCUT2D eigenvalue weighted by atomic mass is 32.1. The summed E-state index contributed by atoms with van der Waals surface area (Å²) in [6.45, 7) is 3.29. The van der Waals surface area contributed by atoms with Crippen molar-refractivity contribution in [3.05, 3.63) is 72.1 Å². The molecule has 2 aliphatic rings. The van der Waals surface area contributed by atoms with E-state index in [0.717, 1.165) is 40.6 Å². The van der Waals surface area contributed by atoms with E-state index in [1.807, 2.05) is 79.1 Å². The van der Waals surface area contributed by atoms with E-state index in [0.29, 0.717) is 115 Å². The number of hydrogen-bond donors (Lipinski definition) is 9. The number of amides is 7. The number of pyridine rings is 1. The molecular formula is C51H74N14O9S. The van der Waals surface area contributed by atoms with Crippen LogP contribution in [-0.4, -0.2) is 191 Å². The summed E-state index contributed by atoms with van der Waals surface area (Å²) in [6, 6.07) is 15.7. The number of carbonyl (C=O) groups excluding carboxylic acids is 7. The summed E-state index contributed by atoms with van der Waals surface area (Å²) in [5, 5.41) is 22.6. The van der Waals surface area contributed by atoms with Gasteiger partial charge in [-0.1, -0.05) is 36.4 Å². The molecule has 0 spiro atoms. The molecule has 2 heterocycles. The first-order valence-corrected chi connectivity index (χ1v) is 25.9. The lowest BCUT2D eigenvalue weighted by molar-refractivity contribution is -0.138. The summed E-state index contributed by atoms with van der Waals surface area (Å²) < 4.78 is 0. The number of carboxylic acids is 1. The van der Waals surface area contributed by atoms with Crippen LogP contribution in [0.25, 0.3) is 10.8 Å². The Morgan fingerprint density at radius 3 is 2.00 bits per heavy atom. The number of fused-ring (bicyclic) bond motifs is 1. The van der Waals surface area contributed by atoms with Gasteiger partial charge in [-0.3, -0.25) is 53.4 Å². The van der Waals surface area contributed by atoms with Gasteiger partial charge in [-0.25, -0.2) is 4.79 Å². The zero-order chi connectivity index (χ0) is 54.3. The van der Waals surface area contributed by atoms with Crippen LogP contribution in [-0.2, 0) is 46.5 Å². The average Bonchev–Trinajstić information content (AvgIpc) is 3.36. The molecule has 1 saturated heterocycles. The first kappa shape index (κ1) is 59.0. The van der Waals surface area contributed by atoms with E-state index < -0.39 is 48.2 Å². The minimum atomic E-state index is -1.20. The number of thiocarbonyl (C=S) groups is 1. The quantitative estimate of drug-likeness (QED) is 0.0295. The molecule has 1 aliphatic carbocycles. The van der Waals surface area contributed by atoms with Gasteiger partial charge in [0.2, 0.25) is 29.5 Å². The van der Waals surface area contributed by atoms with Gasteiger partial charge in [0.1, 0.15) is 12.8 Å². The maximum Gasteiger partial charge on any atom is 0.323 e. The summed E-state index contributed by atoms with van der Waals surface area (Å²) in [5.41, 5.74) is 25.1. The van der Waals surface area contributed by atoms with Crippen molar-refractivity contribution in [3.8, 4) is 0 Å². The normalized spacial score (nSPS) is 18.8. The van der Waals surface area contributed by atoms with Crippen LogP contribution in [0.2, 0.25) is 0 Å². The second-order valence-corrected chi connectivity index (χ2v) is 19.8. The molecule has 2 unspecified atom stereocenters. The second-order valence-electron chi connectivity index (χ2n) is 19.4. The second kappa shape index (κ2) is 30.5. The molecule has 2 aromatic carbocycles. The van der Waals surface area contributed by atoms with Crippen molar-refractivity contribution in [1.82, 2.24) is 45.4 Å². The summed E-state index contributed by atoms with van der Waals surface area (Å²) in [4.78, 5) is 112. The Kier molecular flexibility index (Phi) is 24.0. The summed E-state index contributed by atoms with van der Waals surface area (Å²) in [6.07, 6.45) is 7.29. The first-order chi connectivity index (χ1) is 35.9. The van der Waals surface area contributed by atoms with Crippen molar-refractivity contribution in [2.24, 2.45) is 34.8 Å². The largest absolute Gasteiger partial charge is 0.480 e. The van der Waals surface area contributed by atoms with Crippen LogP contribution in [0.1, 0.15) is 56.2 Å². The molecule has 5 rings (SSSR count). The van der Waals surface area contributed by atoms with Crippen LogP contribution < -0.4 is 44.2 Å². The molecule has 408 valence electrons. The lowest BCUT2D eigenvalue weighted by Crippen LogP contribution is -2.54. The third-order valence-corrected chi connectivity index (χ3v) is 13.8. The van der Waals surface area contributed by atoms with Gasteiger partial charge in [0.05, 0.1) is 44.5 Å². The highest BCUT2D eigenvalue weighted by Crippen LogP contribution is 2.31. The SMILES string of the molecule is NC(=O)CN1CCN(CC(N)=O)CCN(CC(N)=O)C(Cc2ccc(NC(=S)NCC3CCC(C(=O)N(CCCCC(C=O)NC(=O)NCC(=O)O)Cc4nccc5ccccc45)CC3)cc2)CN(CC(N)=O)CC1. The minimum absolute atomic E-state index is 0.0110. The lowest BCUT2D eigenvalue weighted by atomic mass is 9.81. The number of nitrogens with two attached hydrogens (primary N) is 4.